The van der Waals surface area contributed by atoms with Crippen LogP contribution >= 0.6 is 0 Å². The lowest BCUT2D eigenvalue weighted by atomic mass is 10.0. The molecule has 0 N–H and O–H groups in total. The molecule has 1 aliphatic heterocycles. The summed E-state index contributed by atoms with van der Waals surface area (Å²) in [6, 6.07) is 6.86. The average molecular weight is 253 g/mol. The van der Waals surface area contributed by atoms with Crippen molar-refractivity contribution >= 4 is 0 Å². The van der Waals surface area contributed by atoms with Crippen LogP contribution in [-0.4, -0.2) is 31.7 Å². The van der Waals surface area contributed by atoms with Crippen molar-refractivity contribution in [2.24, 2.45) is 0 Å². The zero-order valence-corrected chi connectivity index (χ0v) is 12.6. The minimum absolute atomic E-state index is 0.250. The Morgan fingerprint density at radius 2 is 1.61 bits per heavy atom. The van der Waals surface area contributed by atoms with E-state index in [-0.39, 0.29) is 6.67 Å². The number of rotatable bonds is 0. The number of halogens is 1. The van der Waals surface area contributed by atoms with Crippen molar-refractivity contribution in [3.63, 3.8) is 0 Å². The smallest absolute Gasteiger partial charge is 0.0866 e. The van der Waals surface area contributed by atoms with Gasteiger partial charge in [0.05, 0.1) is 6.67 Å². The molecule has 0 saturated carbocycles. The molecule has 104 valence electrons. The van der Waals surface area contributed by atoms with E-state index in [1.54, 1.807) is 11.1 Å². The molecule has 0 aromatic heterocycles. The highest BCUT2D eigenvalue weighted by Crippen LogP contribution is 2.16. The number of nitrogens with zero attached hydrogens (tertiary/aromatic N) is 1. The van der Waals surface area contributed by atoms with Crippen molar-refractivity contribution in [3.05, 3.63) is 34.9 Å². The number of aryl methyl sites for hydroxylation is 1. The largest absolute Gasteiger partial charge is 0.306 e. The van der Waals surface area contributed by atoms with Crippen LogP contribution in [0.4, 0.5) is 4.39 Å². The average Bonchev–Trinajstić information content (AvgIpc) is 2.55. The van der Waals surface area contributed by atoms with E-state index in [0.29, 0.717) is 0 Å². The lowest BCUT2D eigenvalue weighted by Gasteiger charge is -2.10. The van der Waals surface area contributed by atoms with Gasteiger partial charge in [-0.15, -0.1) is 0 Å². The van der Waals surface area contributed by atoms with Crippen molar-refractivity contribution in [2.75, 3.05) is 26.8 Å². The van der Waals surface area contributed by atoms with Crippen LogP contribution < -0.4 is 0 Å². The third-order valence-electron chi connectivity index (χ3n) is 2.89. The van der Waals surface area contributed by atoms with Crippen LogP contribution in [0, 0.1) is 6.92 Å². The number of hydrogen-bond donors (Lipinski definition) is 0. The van der Waals surface area contributed by atoms with Gasteiger partial charge in [0.25, 0.3) is 0 Å². The first-order chi connectivity index (χ1) is 8.67. The molecule has 1 heterocycles. The minimum Gasteiger partial charge on any atom is -0.306 e. The zero-order chi connectivity index (χ0) is 14.0. The van der Waals surface area contributed by atoms with Gasteiger partial charge in [0.2, 0.25) is 0 Å². The third kappa shape index (κ3) is 6.15. The minimum atomic E-state index is -0.250. The Bertz CT molecular complexity index is 323. The van der Waals surface area contributed by atoms with Gasteiger partial charge in [-0.2, -0.15) is 0 Å². The Morgan fingerprint density at radius 3 is 2.17 bits per heavy atom. The molecule has 0 amide bonds. The molecular weight excluding hydrogens is 225 g/mol. The lowest BCUT2D eigenvalue weighted by Crippen LogP contribution is -2.20. The zero-order valence-electron chi connectivity index (χ0n) is 12.6. The number of alkyl halides is 1. The predicted molar refractivity (Wildman–Crippen MR) is 79.1 cm³/mol. The highest BCUT2D eigenvalue weighted by molar-refractivity contribution is 5.32. The van der Waals surface area contributed by atoms with Crippen molar-refractivity contribution < 1.29 is 4.39 Å². The van der Waals surface area contributed by atoms with Gasteiger partial charge in [-0.05, 0) is 44.9 Å². The van der Waals surface area contributed by atoms with Crippen LogP contribution in [-0.2, 0) is 12.8 Å². The molecule has 18 heavy (non-hydrogen) atoms. The Morgan fingerprint density at radius 1 is 1.11 bits per heavy atom. The first kappa shape index (κ1) is 17.1. The summed E-state index contributed by atoms with van der Waals surface area (Å²) in [5.74, 6) is 0. The number of benzene rings is 1. The molecule has 0 spiro atoms. The first-order valence-electron chi connectivity index (χ1n) is 7.00. The Labute approximate surface area is 112 Å². The van der Waals surface area contributed by atoms with Gasteiger partial charge in [-0.3, -0.25) is 4.39 Å². The van der Waals surface area contributed by atoms with Crippen LogP contribution in [0.3, 0.4) is 0 Å². The van der Waals surface area contributed by atoms with Crippen LogP contribution in [0.2, 0.25) is 0 Å². The second kappa shape index (κ2) is 10.1. The van der Waals surface area contributed by atoms with Gasteiger partial charge in [-0.1, -0.05) is 37.6 Å². The number of likely N-dealkylation sites (N-methyl/N-ethyl adjacent to an activating group) is 1. The van der Waals surface area contributed by atoms with Crippen LogP contribution in [0.1, 0.15) is 37.5 Å². The number of fused-ring (bicyclic) bond motifs is 1. The third-order valence-corrected chi connectivity index (χ3v) is 2.89. The van der Waals surface area contributed by atoms with Crippen molar-refractivity contribution in [2.45, 2.75) is 40.5 Å². The summed E-state index contributed by atoms with van der Waals surface area (Å²) in [6.07, 6.45) is 2.43. The van der Waals surface area contributed by atoms with Gasteiger partial charge in [0, 0.05) is 13.1 Å². The summed E-state index contributed by atoms with van der Waals surface area (Å²) in [5.41, 5.74) is 4.50. The Balaban J connectivity index is 0.000000509. The summed E-state index contributed by atoms with van der Waals surface area (Å²) in [6.45, 7) is 9.79. The second-order valence-electron chi connectivity index (χ2n) is 4.34. The van der Waals surface area contributed by atoms with Crippen molar-refractivity contribution in [3.8, 4) is 0 Å². The molecule has 0 saturated heterocycles. The second-order valence-corrected chi connectivity index (χ2v) is 4.34. The molecule has 2 heteroatoms. The van der Waals surface area contributed by atoms with E-state index < -0.39 is 0 Å². The maximum Gasteiger partial charge on any atom is 0.0866 e. The van der Waals surface area contributed by atoms with Gasteiger partial charge in [-0.25, -0.2) is 0 Å². The van der Waals surface area contributed by atoms with E-state index in [4.69, 9.17) is 0 Å². The molecule has 0 radical (unpaired) electrons. The molecule has 0 bridgehead atoms. The van der Waals surface area contributed by atoms with E-state index >= 15 is 0 Å². The molecule has 1 aromatic carbocycles. The summed E-state index contributed by atoms with van der Waals surface area (Å²) < 4.78 is 10.3. The monoisotopic (exact) mass is 253 g/mol. The molecule has 0 fully saturated rings. The summed E-state index contributed by atoms with van der Waals surface area (Å²) in [5, 5.41) is 0. The topological polar surface area (TPSA) is 3.24 Å². The lowest BCUT2D eigenvalue weighted by molar-refractivity contribution is 0.352. The van der Waals surface area contributed by atoms with Crippen LogP contribution in [0.5, 0.6) is 0 Å². The van der Waals surface area contributed by atoms with Gasteiger partial charge < -0.3 is 4.90 Å². The van der Waals surface area contributed by atoms with Gasteiger partial charge >= 0.3 is 0 Å². The van der Waals surface area contributed by atoms with E-state index in [1.807, 2.05) is 13.8 Å². The normalized spacial score (nSPS) is 14.3. The van der Waals surface area contributed by atoms with Crippen LogP contribution in [0.15, 0.2) is 18.2 Å². The van der Waals surface area contributed by atoms with E-state index in [0.717, 1.165) is 0 Å². The van der Waals surface area contributed by atoms with Crippen molar-refractivity contribution in [1.29, 1.82) is 0 Å². The summed E-state index contributed by atoms with van der Waals surface area (Å²) >= 11 is 0. The summed E-state index contributed by atoms with van der Waals surface area (Å²) in [7, 11) is 2.21. The molecular formula is C16H28FN. The molecule has 1 nitrogen and oxygen atoms in total. The standard InChI is InChI=1S/C12H17N.C2H5F.C2H6/c1-10-3-4-11-5-7-13(2)8-6-12(11)9-10;1-2-3;1-2/h3-4,9H,5-8H2,1-2H3;2H2,1H3;1-2H3. The molecule has 1 aliphatic rings. The fourth-order valence-electron chi connectivity index (χ4n) is 1.97. The predicted octanol–water partition coefficient (Wildman–Crippen LogP) is 4.03. The number of hydrogen-bond acceptors (Lipinski definition) is 1. The SMILES string of the molecule is CC.CCF.Cc1ccc2c(c1)CCN(C)CC2. The van der Waals surface area contributed by atoms with Crippen molar-refractivity contribution in [1.82, 2.24) is 4.90 Å². The Kier molecular flexibility index (Phi) is 9.57. The van der Waals surface area contributed by atoms with Crippen LogP contribution in [0.25, 0.3) is 0 Å². The fraction of sp³-hybridized carbons (Fsp3) is 0.625. The Hall–Kier alpha value is -0.890. The summed E-state index contributed by atoms with van der Waals surface area (Å²) in [4.78, 5) is 2.41. The molecule has 0 aliphatic carbocycles. The molecule has 0 atom stereocenters. The fourth-order valence-corrected chi connectivity index (χ4v) is 1.97. The maximum atomic E-state index is 10.3. The first-order valence-corrected chi connectivity index (χ1v) is 7.00. The molecule has 0 unspecified atom stereocenters. The van der Waals surface area contributed by atoms with Gasteiger partial charge in [0.15, 0.2) is 0 Å². The van der Waals surface area contributed by atoms with E-state index in [1.165, 1.54) is 38.4 Å². The molecule has 2 rings (SSSR count). The quantitative estimate of drug-likeness (QED) is 0.675. The maximum absolute atomic E-state index is 10.3. The highest BCUT2D eigenvalue weighted by Gasteiger charge is 2.10. The van der Waals surface area contributed by atoms with Gasteiger partial charge in [0.1, 0.15) is 0 Å². The molecule has 1 aromatic rings. The van der Waals surface area contributed by atoms with E-state index in [2.05, 4.69) is 37.1 Å². The van der Waals surface area contributed by atoms with E-state index in [9.17, 15) is 4.39 Å². The highest BCUT2D eigenvalue weighted by atomic mass is 19.1.